The van der Waals surface area contributed by atoms with Crippen molar-refractivity contribution < 1.29 is 4.79 Å². The summed E-state index contributed by atoms with van der Waals surface area (Å²) in [6.07, 6.45) is 3.17. The number of hydrogen-bond donors (Lipinski definition) is 1. The molecule has 1 aromatic rings. The van der Waals surface area contributed by atoms with Crippen LogP contribution < -0.4 is 10.6 Å². The van der Waals surface area contributed by atoms with Gasteiger partial charge in [0.1, 0.15) is 5.88 Å². The van der Waals surface area contributed by atoms with Crippen molar-refractivity contribution in [1.29, 1.82) is 0 Å². The Bertz CT molecular complexity index is 515. The molecule has 0 saturated heterocycles. The molecular weight excluding hydrogens is 298 g/mol. The SMILES string of the molecule is CCCN(CCC)C1Cc2cccc(N)c2N(C(=O)CCl)C1. The van der Waals surface area contributed by atoms with E-state index in [0.717, 1.165) is 43.6 Å². The van der Waals surface area contributed by atoms with Gasteiger partial charge in [0.2, 0.25) is 5.91 Å². The van der Waals surface area contributed by atoms with Crippen LogP contribution in [0.3, 0.4) is 0 Å². The van der Waals surface area contributed by atoms with Gasteiger partial charge in [-0.1, -0.05) is 26.0 Å². The molecule has 1 heterocycles. The largest absolute Gasteiger partial charge is 0.397 e. The second-order valence-corrected chi connectivity index (χ2v) is 6.15. The van der Waals surface area contributed by atoms with Gasteiger partial charge in [0, 0.05) is 12.6 Å². The summed E-state index contributed by atoms with van der Waals surface area (Å²) < 4.78 is 0. The topological polar surface area (TPSA) is 49.6 Å². The van der Waals surface area contributed by atoms with Gasteiger partial charge in [0.25, 0.3) is 0 Å². The molecule has 0 aromatic heterocycles. The predicted molar refractivity (Wildman–Crippen MR) is 93.6 cm³/mol. The van der Waals surface area contributed by atoms with Crippen LogP contribution in [0.4, 0.5) is 11.4 Å². The number of anilines is 2. The molecule has 0 radical (unpaired) electrons. The van der Waals surface area contributed by atoms with Gasteiger partial charge in [-0.2, -0.15) is 0 Å². The van der Waals surface area contributed by atoms with E-state index in [0.29, 0.717) is 18.3 Å². The summed E-state index contributed by atoms with van der Waals surface area (Å²) in [6.45, 7) is 7.17. The third-order valence-electron chi connectivity index (χ3n) is 4.22. The number of rotatable bonds is 6. The molecule has 0 saturated carbocycles. The molecule has 1 aromatic carbocycles. The summed E-state index contributed by atoms with van der Waals surface area (Å²) in [5.74, 6) is -0.0827. The molecule has 1 atom stereocenters. The van der Waals surface area contributed by atoms with E-state index in [9.17, 15) is 4.79 Å². The molecule has 2 rings (SSSR count). The molecule has 122 valence electrons. The highest BCUT2D eigenvalue weighted by Crippen LogP contribution is 2.34. The number of benzene rings is 1. The second kappa shape index (κ2) is 7.84. The van der Waals surface area contributed by atoms with Crippen molar-refractivity contribution in [3.63, 3.8) is 0 Å². The van der Waals surface area contributed by atoms with Crippen LogP contribution in [0.15, 0.2) is 18.2 Å². The lowest BCUT2D eigenvalue weighted by atomic mass is 9.95. The summed E-state index contributed by atoms with van der Waals surface area (Å²) >= 11 is 5.81. The number of carbonyl (C=O) groups is 1. The molecule has 1 amide bonds. The molecule has 0 fully saturated rings. The van der Waals surface area contributed by atoms with E-state index >= 15 is 0 Å². The summed E-state index contributed by atoms with van der Waals surface area (Å²) in [4.78, 5) is 16.6. The number of hydrogen-bond acceptors (Lipinski definition) is 3. The molecule has 2 N–H and O–H groups in total. The van der Waals surface area contributed by atoms with Crippen molar-refractivity contribution in [3.05, 3.63) is 23.8 Å². The monoisotopic (exact) mass is 323 g/mol. The molecule has 1 aliphatic heterocycles. The third-order valence-corrected chi connectivity index (χ3v) is 4.45. The van der Waals surface area contributed by atoms with Gasteiger partial charge in [0.15, 0.2) is 0 Å². The minimum absolute atomic E-state index is 0.0119. The van der Waals surface area contributed by atoms with E-state index in [1.807, 2.05) is 12.1 Å². The van der Waals surface area contributed by atoms with Crippen LogP contribution in [0.25, 0.3) is 0 Å². The zero-order valence-corrected chi connectivity index (χ0v) is 14.3. The summed E-state index contributed by atoms with van der Waals surface area (Å²) in [5.41, 5.74) is 8.78. The van der Waals surface area contributed by atoms with Gasteiger partial charge in [-0.25, -0.2) is 0 Å². The number of alkyl halides is 1. The van der Waals surface area contributed by atoms with Gasteiger partial charge in [0.05, 0.1) is 11.4 Å². The molecule has 0 bridgehead atoms. The highest BCUT2D eigenvalue weighted by molar-refractivity contribution is 6.29. The van der Waals surface area contributed by atoms with Crippen molar-refractivity contribution in [2.24, 2.45) is 0 Å². The number of halogens is 1. The van der Waals surface area contributed by atoms with Gasteiger partial charge in [-0.15, -0.1) is 11.6 Å². The zero-order valence-electron chi connectivity index (χ0n) is 13.5. The van der Waals surface area contributed by atoms with Crippen LogP contribution >= 0.6 is 11.6 Å². The lowest BCUT2D eigenvalue weighted by molar-refractivity contribution is -0.116. The maximum absolute atomic E-state index is 12.3. The van der Waals surface area contributed by atoms with Gasteiger partial charge in [-0.05, 0) is 44.0 Å². The average Bonchev–Trinajstić information content (AvgIpc) is 2.53. The fourth-order valence-corrected chi connectivity index (χ4v) is 3.46. The Balaban J connectivity index is 2.33. The first-order chi connectivity index (χ1) is 10.6. The van der Waals surface area contributed by atoms with Crippen LogP contribution in [0, 0.1) is 0 Å². The molecule has 1 aliphatic rings. The maximum Gasteiger partial charge on any atom is 0.242 e. The molecule has 5 heteroatoms. The van der Waals surface area contributed by atoms with Crippen LogP contribution in [-0.2, 0) is 11.2 Å². The number of para-hydroxylation sites is 1. The lowest BCUT2D eigenvalue weighted by Gasteiger charge is -2.40. The summed E-state index contributed by atoms with van der Waals surface area (Å²) in [6, 6.07) is 6.22. The van der Waals surface area contributed by atoms with Crippen LogP contribution in [-0.4, -0.2) is 42.4 Å². The van der Waals surface area contributed by atoms with Crippen molar-refractivity contribution in [3.8, 4) is 0 Å². The van der Waals surface area contributed by atoms with Crippen LogP contribution in [0.5, 0.6) is 0 Å². The van der Waals surface area contributed by atoms with E-state index < -0.39 is 0 Å². The average molecular weight is 324 g/mol. The minimum atomic E-state index is -0.0709. The first-order valence-electron chi connectivity index (χ1n) is 8.10. The van der Waals surface area contributed by atoms with E-state index in [-0.39, 0.29) is 11.8 Å². The van der Waals surface area contributed by atoms with Crippen molar-refractivity contribution in [2.45, 2.75) is 39.2 Å². The standard InChI is InChI=1S/C17H26ClN3O/c1-3-8-20(9-4-2)14-10-13-6-5-7-15(19)17(13)21(12-14)16(22)11-18/h5-7,14H,3-4,8-12,19H2,1-2H3. The predicted octanol–water partition coefficient (Wildman–Crippen LogP) is 2.89. The Kier molecular flexibility index (Phi) is 6.09. The zero-order chi connectivity index (χ0) is 16.1. The molecule has 0 spiro atoms. The normalized spacial score (nSPS) is 17.6. The minimum Gasteiger partial charge on any atom is -0.397 e. The summed E-state index contributed by atoms with van der Waals surface area (Å²) in [5, 5.41) is 0. The highest BCUT2D eigenvalue weighted by atomic mass is 35.5. The molecule has 1 unspecified atom stereocenters. The van der Waals surface area contributed by atoms with Crippen molar-refractivity contribution in [1.82, 2.24) is 4.90 Å². The summed E-state index contributed by atoms with van der Waals surface area (Å²) in [7, 11) is 0. The Morgan fingerprint density at radius 1 is 1.36 bits per heavy atom. The highest BCUT2D eigenvalue weighted by Gasteiger charge is 2.32. The second-order valence-electron chi connectivity index (χ2n) is 5.89. The van der Waals surface area contributed by atoms with E-state index in [1.165, 1.54) is 0 Å². The maximum atomic E-state index is 12.3. The van der Waals surface area contributed by atoms with Gasteiger partial charge >= 0.3 is 0 Å². The third kappa shape index (κ3) is 3.55. The Labute approximate surface area is 138 Å². The Morgan fingerprint density at radius 3 is 2.64 bits per heavy atom. The number of amides is 1. The lowest BCUT2D eigenvalue weighted by Crippen LogP contribution is -2.51. The number of nitrogen functional groups attached to an aromatic ring is 1. The van der Waals surface area contributed by atoms with Crippen LogP contribution in [0.1, 0.15) is 32.3 Å². The van der Waals surface area contributed by atoms with E-state index in [4.69, 9.17) is 17.3 Å². The molecule has 22 heavy (non-hydrogen) atoms. The number of carbonyl (C=O) groups excluding carboxylic acids is 1. The van der Waals surface area contributed by atoms with E-state index in [1.54, 1.807) is 4.90 Å². The fourth-order valence-electron chi connectivity index (χ4n) is 3.32. The smallest absolute Gasteiger partial charge is 0.242 e. The molecule has 4 nitrogen and oxygen atoms in total. The van der Waals surface area contributed by atoms with Crippen molar-refractivity contribution in [2.75, 3.05) is 36.1 Å². The van der Waals surface area contributed by atoms with Gasteiger partial charge in [-0.3, -0.25) is 9.69 Å². The van der Waals surface area contributed by atoms with Crippen LogP contribution in [0.2, 0.25) is 0 Å². The number of nitrogens with zero attached hydrogens (tertiary/aromatic N) is 2. The van der Waals surface area contributed by atoms with Crippen molar-refractivity contribution >= 4 is 28.9 Å². The Morgan fingerprint density at radius 2 is 2.05 bits per heavy atom. The fraction of sp³-hybridized carbons (Fsp3) is 0.588. The number of nitrogens with two attached hydrogens (primary N) is 1. The molecular formula is C17H26ClN3O. The first-order valence-corrected chi connectivity index (χ1v) is 8.63. The number of fused-ring (bicyclic) bond motifs is 1. The first kappa shape index (κ1) is 17.1. The Hall–Kier alpha value is -1.26. The van der Waals surface area contributed by atoms with E-state index in [2.05, 4.69) is 24.8 Å². The molecule has 0 aliphatic carbocycles. The van der Waals surface area contributed by atoms with Gasteiger partial charge < -0.3 is 10.6 Å². The quantitative estimate of drug-likeness (QED) is 0.647.